The van der Waals surface area contributed by atoms with Crippen molar-refractivity contribution in [3.8, 4) is 0 Å². The molecule has 0 atom stereocenters. The van der Waals surface area contributed by atoms with Crippen LogP contribution in [-0.4, -0.2) is 11.8 Å². The highest BCUT2D eigenvalue weighted by molar-refractivity contribution is 7.09. The number of carbonyl (C=O) groups excluding carboxylic acids is 2. The summed E-state index contributed by atoms with van der Waals surface area (Å²) in [7, 11) is 0. The molecular weight excluding hydrogens is 296 g/mol. The monoisotopic (exact) mass is 308 g/mol. The molecule has 4 nitrogen and oxygen atoms in total. The summed E-state index contributed by atoms with van der Waals surface area (Å²) in [5.74, 6) is -1.27. The first-order valence-corrected chi connectivity index (χ1v) is 7.24. The molecule has 0 fully saturated rings. The normalized spacial score (nSPS) is 10.1. The van der Waals surface area contributed by atoms with E-state index >= 15 is 0 Å². The Labute approximate surface area is 125 Å². The molecule has 2 N–H and O–H groups in total. The van der Waals surface area contributed by atoms with Crippen LogP contribution in [0, 0.1) is 0 Å². The van der Waals surface area contributed by atoms with E-state index in [0.717, 1.165) is 10.4 Å². The summed E-state index contributed by atoms with van der Waals surface area (Å²) in [6.45, 7) is 0.660. The zero-order valence-corrected chi connectivity index (χ0v) is 12.1. The first-order chi connectivity index (χ1) is 9.65. The highest BCUT2D eigenvalue weighted by Gasteiger charge is 2.12. The van der Waals surface area contributed by atoms with Gasteiger partial charge in [0.1, 0.15) is 0 Å². The van der Waals surface area contributed by atoms with Crippen molar-refractivity contribution in [2.45, 2.75) is 13.1 Å². The number of amides is 2. The lowest BCUT2D eigenvalue weighted by Gasteiger charge is -2.06. The zero-order chi connectivity index (χ0) is 14.4. The molecule has 0 saturated heterocycles. The lowest BCUT2D eigenvalue weighted by molar-refractivity contribution is -0.139. The van der Waals surface area contributed by atoms with Gasteiger partial charge in [0.15, 0.2) is 0 Å². The molecule has 2 amide bonds. The van der Waals surface area contributed by atoms with Crippen LogP contribution in [0.15, 0.2) is 41.8 Å². The Morgan fingerprint density at radius 1 is 1.00 bits per heavy atom. The molecule has 1 heterocycles. The van der Waals surface area contributed by atoms with Gasteiger partial charge < -0.3 is 10.6 Å². The van der Waals surface area contributed by atoms with E-state index in [9.17, 15) is 9.59 Å². The Kier molecular flexibility index (Phi) is 5.15. The Morgan fingerprint density at radius 2 is 1.65 bits per heavy atom. The number of halogens is 1. The first-order valence-electron chi connectivity index (χ1n) is 5.98. The van der Waals surface area contributed by atoms with Gasteiger partial charge in [-0.1, -0.05) is 29.8 Å². The molecule has 2 aromatic rings. The van der Waals surface area contributed by atoms with Gasteiger partial charge in [0, 0.05) is 16.4 Å². The molecule has 104 valence electrons. The van der Waals surface area contributed by atoms with Gasteiger partial charge in [-0.3, -0.25) is 9.59 Å². The Hall–Kier alpha value is -1.85. The molecule has 1 aromatic carbocycles. The highest BCUT2D eigenvalue weighted by Crippen LogP contribution is 2.09. The van der Waals surface area contributed by atoms with Crippen LogP contribution in [0.3, 0.4) is 0 Å². The van der Waals surface area contributed by atoms with E-state index in [0.29, 0.717) is 18.1 Å². The first kappa shape index (κ1) is 14.6. The van der Waals surface area contributed by atoms with Crippen molar-refractivity contribution in [2.75, 3.05) is 0 Å². The average molecular weight is 309 g/mol. The van der Waals surface area contributed by atoms with E-state index in [4.69, 9.17) is 11.6 Å². The fourth-order valence-corrected chi connectivity index (χ4v) is 2.30. The third-order valence-electron chi connectivity index (χ3n) is 2.58. The SMILES string of the molecule is O=C(NCc1ccc(Cl)cc1)C(=O)NCc1cccs1. The largest absolute Gasteiger partial charge is 0.344 e. The molecule has 0 bridgehead atoms. The van der Waals surface area contributed by atoms with Crippen LogP contribution in [-0.2, 0) is 22.7 Å². The van der Waals surface area contributed by atoms with Crippen molar-refractivity contribution < 1.29 is 9.59 Å². The number of hydrogen-bond acceptors (Lipinski definition) is 3. The van der Waals surface area contributed by atoms with Gasteiger partial charge >= 0.3 is 11.8 Å². The third-order valence-corrected chi connectivity index (χ3v) is 3.70. The van der Waals surface area contributed by atoms with Crippen molar-refractivity contribution in [1.29, 1.82) is 0 Å². The minimum Gasteiger partial charge on any atom is -0.344 e. The average Bonchev–Trinajstić information content (AvgIpc) is 2.97. The number of carbonyl (C=O) groups is 2. The van der Waals surface area contributed by atoms with Gasteiger partial charge in [-0.2, -0.15) is 0 Å². The van der Waals surface area contributed by atoms with E-state index in [-0.39, 0.29) is 0 Å². The fourth-order valence-electron chi connectivity index (χ4n) is 1.53. The van der Waals surface area contributed by atoms with Crippen LogP contribution in [0.2, 0.25) is 5.02 Å². The predicted octanol–water partition coefficient (Wildman–Crippen LogP) is 2.33. The lowest BCUT2D eigenvalue weighted by atomic mass is 10.2. The quantitative estimate of drug-likeness (QED) is 0.852. The van der Waals surface area contributed by atoms with Crippen molar-refractivity contribution >= 4 is 34.8 Å². The molecule has 0 aliphatic rings. The number of hydrogen-bond donors (Lipinski definition) is 2. The standard InChI is InChI=1S/C14H13ClN2O2S/c15-11-5-3-10(4-6-11)8-16-13(18)14(19)17-9-12-2-1-7-20-12/h1-7H,8-9H2,(H,16,18)(H,17,19). The second-order valence-electron chi connectivity index (χ2n) is 4.07. The van der Waals surface area contributed by atoms with Crippen LogP contribution >= 0.6 is 22.9 Å². The van der Waals surface area contributed by atoms with Crippen LogP contribution < -0.4 is 10.6 Å². The predicted molar refractivity (Wildman–Crippen MR) is 79.5 cm³/mol. The van der Waals surface area contributed by atoms with Gasteiger partial charge in [-0.25, -0.2) is 0 Å². The van der Waals surface area contributed by atoms with E-state index in [1.807, 2.05) is 17.5 Å². The number of nitrogens with one attached hydrogen (secondary N) is 2. The van der Waals surface area contributed by atoms with Crippen LogP contribution in [0.5, 0.6) is 0 Å². The third kappa shape index (κ3) is 4.36. The molecule has 20 heavy (non-hydrogen) atoms. The van der Waals surface area contributed by atoms with E-state index in [1.54, 1.807) is 24.3 Å². The van der Waals surface area contributed by atoms with Crippen molar-refractivity contribution in [3.05, 3.63) is 57.2 Å². The van der Waals surface area contributed by atoms with Gasteiger partial charge in [0.25, 0.3) is 0 Å². The molecule has 0 aliphatic carbocycles. The van der Waals surface area contributed by atoms with Crippen molar-refractivity contribution in [2.24, 2.45) is 0 Å². The Balaban J connectivity index is 1.76. The van der Waals surface area contributed by atoms with Gasteiger partial charge in [0.05, 0.1) is 6.54 Å². The minimum atomic E-state index is -0.642. The van der Waals surface area contributed by atoms with Crippen LogP contribution in [0.4, 0.5) is 0 Å². The minimum absolute atomic E-state index is 0.294. The topological polar surface area (TPSA) is 58.2 Å². The molecule has 0 aliphatic heterocycles. The Bertz CT molecular complexity index is 582. The zero-order valence-electron chi connectivity index (χ0n) is 10.6. The summed E-state index contributed by atoms with van der Waals surface area (Å²) in [6, 6.07) is 10.9. The second-order valence-corrected chi connectivity index (χ2v) is 5.54. The molecule has 6 heteroatoms. The molecule has 0 unspecified atom stereocenters. The van der Waals surface area contributed by atoms with Gasteiger partial charge in [-0.15, -0.1) is 11.3 Å². The molecule has 1 aromatic heterocycles. The van der Waals surface area contributed by atoms with E-state index in [2.05, 4.69) is 10.6 Å². The summed E-state index contributed by atoms with van der Waals surface area (Å²) < 4.78 is 0. The summed E-state index contributed by atoms with van der Waals surface area (Å²) in [6.07, 6.45) is 0. The maximum atomic E-state index is 11.6. The maximum Gasteiger partial charge on any atom is 0.309 e. The lowest BCUT2D eigenvalue weighted by Crippen LogP contribution is -2.39. The summed E-state index contributed by atoms with van der Waals surface area (Å²) in [4.78, 5) is 24.2. The second kappa shape index (κ2) is 7.07. The Morgan fingerprint density at radius 3 is 2.25 bits per heavy atom. The van der Waals surface area contributed by atoms with Crippen LogP contribution in [0.25, 0.3) is 0 Å². The van der Waals surface area contributed by atoms with E-state index in [1.165, 1.54) is 11.3 Å². The number of benzene rings is 1. The molecule has 0 saturated carbocycles. The van der Waals surface area contributed by atoms with Crippen molar-refractivity contribution in [1.82, 2.24) is 10.6 Å². The van der Waals surface area contributed by atoms with E-state index < -0.39 is 11.8 Å². The number of thiophene rings is 1. The maximum absolute atomic E-state index is 11.6. The summed E-state index contributed by atoms with van der Waals surface area (Å²) in [5, 5.41) is 7.68. The van der Waals surface area contributed by atoms with Crippen molar-refractivity contribution in [3.63, 3.8) is 0 Å². The molecular formula is C14H13ClN2O2S. The summed E-state index contributed by atoms with van der Waals surface area (Å²) in [5.41, 5.74) is 0.883. The summed E-state index contributed by atoms with van der Waals surface area (Å²) >= 11 is 7.29. The molecule has 0 spiro atoms. The number of rotatable bonds is 4. The smallest absolute Gasteiger partial charge is 0.309 e. The van der Waals surface area contributed by atoms with Crippen LogP contribution in [0.1, 0.15) is 10.4 Å². The molecule has 0 radical (unpaired) electrons. The molecule has 2 rings (SSSR count). The fraction of sp³-hybridized carbons (Fsp3) is 0.143. The highest BCUT2D eigenvalue weighted by atomic mass is 35.5. The van der Waals surface area contributed by atoms with Gasteiger partial charge in [-0.05, 0) is 29.1 Å². The van der Waals surface area contributed by atoms with Gasteiger partial charge in [0.2, 0.25) is 0 Å².